The van der Waals surface area contributed by atoms with Gasteiger partial charge in [-0.2, -0.15) is 0 Å². The van der Waals surface area contributed by atoms with Crippen molar-refractivity contribution < 1.29 is 22.3 Å². The summed E-state index contributed by atoms with van der Waals surface area (Å²) in [6.45, 7) is 2.29. The SMILES string of the molecule is CCCCC[Si@H]1CC[C@H](CC[C@H]2CC[C@H](c3ccc(OC(F)(F)F)c(F)c3)CC2)CC1. The van der Waals surface area contributed by atoms with Crippen molar-refractivity contribution in [3.63, 3.8) is 0 Å². The minimum absolute atomic E-state index is 0.246. The maximum atomic E-state index is 14.0. The van der Waals surface area contributed by atoms with E-state index in [9.17, 15) is 17.6 Å². The number of benzene rings is 1. The lowest BCUT2D eigenvalue weighted by atomic mass is 9.76. The zero-order valence-electron chi connectivity index (χ0n) is 18.9. The van der Waals surface area contributed by atoms with E-state index in [1.807, 2.05) is 0 Å². The summed E-state index contributed by atoms with van der Waals surface area (Å²) < 4.78 is 54.7. The van der Waals surface area contributed by atoms with Gasteiger partial charge in [-0.15, -0.1) is 13.2 Å². The monoisotopic (exact) mass is 458 g/mol. The second kappa shape index (κ2) is 11.7. The minimum atomic E-state index is -4.86. The highest BCUT2D eigenvalue weighted by Crippen LogP contribution is 2.40. The van der Waals surface area contributed by atoms with Crippen LogP contribution >= 0.6 is 0 Å². The summed E-state index contributed by atoms with van der Waals surface area (Å²) in [4.78, 5) is 0. The van der Waals surface area contributed by atoms with Crippen LogP contribution in [0, 0.1) is 17.7 Å². The van der Waals surface area contributed by atoms with Crippen LogP contribution in [0.25, 0.3) is 0 Å². The first-order chi connectivity index (χ1) is 14.8. The first-order valence-corrected chi connectivity index (χ1v) is 14.8. The summed E-state index contributed by atoms with van der Waals surface area (Å²) in [5.74, 6) is 0.269. The molecule has 1 saturated carbocycles. The van der Waals surface area contributed by atoms with Gasteiger partial charge in [0.2, 0.25) is 0 Å². The van der Waals surface area contributed by atoms with E-state index in [4.69, 9.17) is 0 Å². The highest BCUT2D eigenvalue weighted by atomic mass is 28.3. The van der Waals surface area contributed by atoms with Crippen LogP contribution in [0.15, 0.2) is 18.2 Å². The predicted octanol–water partition coefficient (Wildman–Crippen LogP) is 8.61. The second-order valence-corrected chi connectivity index (χ2v) is 13.4. The van der Waals surface area contributed by atoms with Crippen molar-refractivity contribution in [1.82, 2.24) is 0 Å². The van der Waals surface area contributed by atoms with Crippen LogP contribution in [0.2, 0.25) is 18.1 Å². The molecule has 2 aliphatic rings. The summed E-state index contributed by atoms with van der Waals surface area (Å²) >= 11 is 0. The minimum Gasteiger partial charge on any atom is -0.403 e. The van der Waals surface area contributed by atoms with Gasteiger partial charge in [0.1, 0.15) is 0 Å². The highest BCUT2D eigenvalue weighted by molar-refractivity contribution is 6.58. The largest absolute Gasteiger partial charge is 0.573 e. The Hall–Kier alpha value is -1.04. The van der Waals surface area contributed by atoms with E-state index in [0.29, 0.717) is 0 Å². The average Bonchev–Trinajstić information content (AvgIpc) is 2.74. The lowest BCUT2D eigenvalue weighted by molar-refractivity contribution is -0.275. The molecule has 0 unspecified atom stereocenters. The molecule has 6 heteroatoms. The number of halogens is 4. The van der Waals surface area contributed by atoms with Gasteiger partial charge in [0.05, 0.1) is 0 Å². The quantitative estimate of drug-likeness (QED) is 0.204. The molecule has 1 aromatic rings. The molecule has 0 spiro atoms. The van der Waals surface area contributed by atoms with Gasteiger partial charge >= 0.3 is 6.36 Å². The Bertz CT molecular complexity index is 662. The molecule has 31 heavy (non-hydrogen) atoms. The molecule has 0 N–H and O–H groups in total. The third-order valence-electron chi connectivity index (χ3n) is 7.67. The van der Waals surface area contributed by atoms with Crippen LogP contribution in [-0.4, -0.2) is 15.2 Å². The molecular weight excluding hydrogens is 420 g/mol. The van der Waals surface area contributed by atoms with E-state index in [-0.39, 0.29) is 5.92 Å². The number of hydrogen-bond acceptors (Lipinski definition) is 1. The van der Waals surface area contributed by atoms with Crippen molar-refractivity contribution in [2.75, 3.05) is 0 Å². The van der Waals surface area contributed by atoms with Gasteiger partial charge in [-0.3, -0.25) is 0 Å². The number of alkyl halides is 3. The lowest BCUT2D eigenvalue weighted by Crippen LogP contribution is -2.22. The molecule has 1 aromatic carbocycles. The molecule has 0 radical (unpaired) electrons. The van der Waals surface area contributed by atoms with Crippen LogP contribution in [-0.2, 0) is 0 Å². The molecule has 176 valence electrons. The van der Waals surface area contributed by atoms with Gasteiger partial charge in [-0.05, 0) is 61.1 Å². The molecular formula is C25H38F4OSi. The zero-order chi connectivity index (χ0) is 22.3. The topological polar surface area (TPSA) is 9.23 Å². The molecule has 0 aromatic heterocycles. The standard InChI is InChI=1S/C25H38F4OSi/c1-2-3-4-15-31-16-13-20(14-17-31)6-5-19-7-9-21(10-8-19)22-11-12-24(23(26)18-22)30-25(27,28)29/h11-12,18-21,31H,2-10,13-17H2,1H3/t19-,20-,21-,31-. The van der Waals surface area contributed by atoms with E-state index >= 15 is 0 Å². The molecule has 0 atom stereocenters. The molecule has 1 aliphatic carbocycles. The third kappa shape index (κ3) is 8.10. The van der Waals surface area contributed by atoms with Crippen LogP contribution < -0.4 is 4.74 Å². The number of rotatable bonds is 9. The number of ether oxygens (including phenoxy) is 1. The maximum Gasteiger partial charge on any atom is 0.573 e. The van der Waals surface area contributed by atoms with Gasteiger partial charge in [-0.25, -0.2) is 4.39 Å². The van der Waals surface area contributed by atoms with E-state index < -0.39 is 26.7 Å². The highest BCUT2D eigenvalue weighted by Gasteiger charge is 2.33. The fourth-order valence-electron chi connectivity index (χ4n) is 5.73. The van der Waals surface area contributed by atoms with Gasteiger partial charge in [0, 0.05) is 8.80 Å². The summed E-state index contributed by atoms with van der Waals surface area (Å²) in [6, 6.07) is 8.62. The summed E-state index contributed by atoms with van der Waals surface area (Å²) in [7, 11) is -0.421. The predicted molar refractivity (Wildman–Crippen MR) is 121 cm³/mol. The summed E-state index contributed by atoms with van der Waals surface area (Å²) in [5, 5.41) is 0. The molecule has 2 fully saturated rings. The number of unbranched alkanes of at least 4 members (excludes halogenated alkanes) is 2. The van der Waals surface area contributed by atoms with Gasteiger partial charge in [-0.1, -0.05) is 76.1 Å². The molecule has 0 bridgehead atoms. The van der Waals surface area contributed by atoms with E-state index in [1.165, 1.54) is 51.0 Å². The van der Waals surface area contributed by atoms with E-state index in [0.717, 1.165) is 49.1 Å². The van der Waals surface area contributed by atoms with Crippen molar-refractivity contribution in [3.8, 4) is 5.75 Å². The lowest BCUT2D eigenvalue weighted by Gasteiger charge is -2.32. The van der Waals surface area contributed by atoms with Crippen LogP contribution in [0.4, 0.5) is 17.6 Å². The third-order valence-corrected chi connectivity index (χ3v) is 11.2. The Labute approximate surface area is 186 Å². The first-order valence-electron chi connectivity index (χ1n) is 12.4. The Balaban J connectivity index is 1.36. The maximum absolute atomic E-state index is 14.0. The average molecular weight is 459 g/mol. The Morgan fingerprint density at radius 3 is 2.16 bits per heavy atom. The van der Waals surface area contributed by atoms with E-state index in [2.05, 4.69) is 11.7 Å². The fraction of sp³-hybridized carbons (Fsp3) is 0.760. The van der Waals surface area contributed by atoms with Gasteiger partial charge in [0.15, 0.2) is 11.6 Å². The van der Waals surface area contributed by atoms with E-state index in [1.54, 1.807) is 24.2 Å². The zero-order valence-corrected chi connectivity index (χ0v) is 20.0. The van der Waals surface area contributed by atoms with Crippen LogP contribution in [0.5, 0.6) is 5.75 Å². The van der Waals surface area contributed by atoms with Crippen LogP contribution in [0.1, 0.15) is 89.0 Å². The van der Waals surface area contributed by atoms with Crippen molar-refractivity contribution >= 4 is 8.80 Å². The molecule has 1 nitrogen and oxygen atoms in total. The van der Waals surface area contributed by atoms with Gasteiger partial charge in [0.25, 0.3) is 0 Å². The first kappa shape index (κ1) is 24.6. The van der Waals surface area contributed by atoms with Gasteiger partial charge < -0.3 is 4.74 Å². The van der Waals surface area contributed by atoms with Crippen molar-refractivity contribution in [2.24, 2.45) is 11.8 Å². The summed E-state index contributed by atoms with van der Waals surface area (Å²) in [5.41, 5.74) is 0.803. The molecule has 1 heterocycles. The Kier molecular flexibility index (Phi) is 9.29. The Morgan fingerprint density at radius 2 is 1.58 bits per heavy atom. The summed E-state index contributed by atoms with van der Waals surface area (Å²) in [6.07, 6.45) is 9.24. The van der Waals surface area contributed by atoms with Crippen molar-refractivity contribution in [2.45, 2.75) is 108 Å². The van der Waals surface area contributed by atoms with Crippen molar-refractivity contribution in [3.05, 3.63) is 29.6 Å². The second-order valence-electron chi connectivity index (χ2n) is 9.92. The number of hydrogen-bond donors (Lipinski definition) is 0. The molecule has 1 aliphatic heterocycles. The fourth-order valence-corrected chi connectivity index (χ4v) is 9.34. The van der Waals surface area contributed by atoms with Crippen molar-refractivity contribution in [1.29, 1.82) is 0 Å². The molecule has 0 amide bonds. The Morgan fingerprint density at radius 1 is 0.935 bits per heavy atom. The smallest absolute Gasteiger partial charge is 0.403 e. The van der Waals surface area contributed by atoms with Crippen LogP contribution in [0.3, 0.4) is 0 Å². The normalized spacial score (nSPS) is 27.3. The molecule has 1 saturated heterocycles. The molecule has 3 rings (SSSR count).